The Morgan fingerprint density at radius 1 is 0.700 bits per heavy atom. The highest BCUT2D eigenvalue weighted by atomic mass is 127. The molecule has 0 spiro atoms. The minimum absolute atomic E-state index is 0. The minimum atomic E-state index is -1.11. The van der Waals surface area contributed by atoms with Gasteiger partial charge in [0.1, 0.15) is 0 Å². The topological polar surface area (TPSA) is 14.1 Å². The van der Waals surface area contributed by atoms with E-state index in [1.54, 1.807) is 0 Å². The van der Waals surface area contributed by atoms with Crippen LogP contribution in [0.4, 0.5) is 0 Å². The van der Waals surface area contributed by atoms with Crippen LogP contribution in [0.5, 0.6) is 0 Å². The molecular weight excluding hydrogens is 269 g/mol. The van der Waals surface area contributed by atoms with E-state index < -0.39 is 16.5 Å². The van der Waals surface area contributed by atoms with E-state index in [9.17, 15) is 0 Å². The van der Waals surface area contributed by atoms with Crippen molar-refractivity contribution >= 4 is 16.5 Å². The molecule has 4 heteroatoms. The first-order valence-electron chi connectivity index (χ1n) is 3.45. The van der Waals surface area contributed by atoms with E-state index in [1.165, 1.54) is 0 Å². The van der Waals surface area contributed by atoms with E-state index in [-0.39, 0.29) is 24.0 Å². The van der Waals surface area contributed by atoms with Gasteiger partial charge < -0.3 is 4.65 Å². The summed E-state index contributed by atoms with van der Waals surface area (Å²) in [5, 5.41) is 0. The summed E-state index contributed by atoms with van der Waals surface area (Å²) in [4.78, 5) is 0. The van der Waals surface area contributed by atoms with Crippen LogP contribution in [0.2, 0.25) is 39.3 Å². The molecule has 0 amide bonds. The zero-order valence-corrected chi connectivity index (χ0v) is 12.0. The monoisotopic (exact) mass is 287 g/mol. The molecule has 0 unspecified atom stereocenters. The molecule has 0 bridgehead atoms. The van der Waals surface area contributed by atoms with E-state index in [0.717, 1.165) is 0 Å². The molecule has 0 saturated carbocycles. The molecular formula is C6H18INSi2. The Bertz CT molecular complexity index is 80.9. The van der Waals surface area contributed by atoms with Crippen molar-refractivity contribution in [1.82, 2.24) is 0 Å². The van der Waals surface area contributed by atoms with Gasteiger partial charge in [0.2, 0.25) is 0 Å². The van der Waals surface area contributed by atoms with Crippen LogP contribution in [0.3, 0.4) is 0 Å². The maximum atomic E-state index is 4.82. The van der Waals surface area contributed by atoms with Crippen molar-refractivity contribution in [1.29, 1.82) is 0 Å². The predicted molar refractivity (Wildman–Crippen MR) is 50.1 cm³/mol. The van der Waals surface area contributed by atoms with Crippen molar-refractivity contribution in [2.75, 3.05) is 0 Å². The maximum Gasteiger partial charge on any atom is 1.00 e. The fourth-order valence-corrected chi connectivity index (χ4v) is 9.06. The molecule has 0 aromatic carbocycles. The fraction of sp³-hybridized carbons (Fsp3) is 1.00. The molecule has 1 nitrogen and oxygen atoms in total. The lowest BCUT2D eigenvalue weighted by atomic mass is 11.8. The average Bonchev–Trinajstić information content (AvgIpc) is 1.14. The molecule has 10 heavy (non-hydrogen) atoms. The fourth-order valence-electron chi connectivity index (χ4n) is 1.01. The van der Waals surface area contributed by atoms with Gasteiger partial charge in [-0.2, -0.15) is 0 Å². The van der Waals surface area contributed by atoms with Crippen molar-refractivity contribution in [3.8, 4) is 0 Å². The van der Waals surface area contributed by atoms with Crippen LogP contribution in [-0.4, -0.2) is 16.5 Å². The summed E-state index contributed by atoms with van der Waals surface area (Å²) in [5.41, 5.74) is 0. The number of hydrogen-bond acceptors (Lipinski definition) is 0. The lowest BCUT2D eigenvalue weighted by Gasteiger charge is -2.45. The van der Waals surface area contributed by atoms with Gasteiger partial charge in [-0.3, -0.25) is 0 Å². The molecule has 0 rings (SSSR count). The number of hydrogen-bond donors (Lipinski definition) is 0. The van der Waals surface area contributed by atoms with Crippen LogP contribution >= 0.6 is 0 Å². The Balaban J connectivity index is 0. The predicted octanol–water partition coefficient (Wildman–Crippen LogP) is 0.0339. The van der Waals surface area contributed by atoms with Crippen molar-refractivity contribution in [3.05, 3.63) is 4.65 Å². The smallest absolute Gasteiger partial charge is 0.668 e. The van der Waals surface area contributed by atoms with Crippen molar-refractivity contribution in [2.24, 2.45) is 0 Å². The van der Waals surface area contributed by atoms with E-state index in [4.69, 9.17) is 4.65 Å². The molecule has 0 aliphatic carbocycles. The third kappa shape index (κ3) is 11.9. The van der Waals surface area contributed by atoms with Gasteiger partial charge in [0, 0.05) is 0 Å². The van der Waals surface area contributed by atoms with Gasteiger partial charge in [0.05, 0.1) is 0 Å². The first-order valence-corrected chi connectivity index (χ1v) is 10.3. The maximum absolute atomic E-state index is 4.82. The highest BCUT2D eigenvalue weighted by molar-refractivity contribution is 7.00. The minimum Gasteiger partial charge on any atom is -0.668 e. The standard InChI is InChI=1S/C6H18NSi2.I/c1-8(2,3)7-9(4,5)6;/h1-6H3;/q-1;+1. The zero-order chi connectivity index (χ0) is 7.71. The highest BCUT2D eigenvalue weighted by Gasteiger charge is 2.07. The number of halogens is 1. The van der Waals surface area contributed by atoms with E-state index in [0.29, 0.717) is 0 Å². The molecule has 0 aromatic heterocycles. The Kier molecular flexibility index (Phi) is 5.79. The number of rotatable bonds is 2. The molecule has 0 aliphatic heterocycles. The van der Waals surface area contributed by atoms with Gasteiger partial charge in [0.15, 0.2) is 0 Å². The summed E-state index contributed by atoms with van der Waals surface area (Å²) in [6.45, 7) is 13.8. The van der Waals surface area contributed by atoms with Crippen molar-refractivity contribution in [3.63, 3.8) is 0 Å². The van der Waals surface area contributed by atoms with Gasteiger partial charge in [-0.25, -0.2) is 0 Å². The van der Waals surface area contributed by atoms with E-state index in [1.807, 2.05) is 0 Å². The molecule has 0 aromatic rings. The summed E-state index contributed by atoms with van der Waals surface area (Å²) in [6.07, 6.45) is 0. The van der Waals surface area contributed by atoms with Crippen LogP contribution in [0.1, 0.15) is 0 Å². The Labute approximate surface area is 84.2 Å². The lowest BCUT2D eigenvalue weighted by Crippen LogP contribution is -3.00. The summed E-state index contributed by atoms with van der Waals surface area (Å²) in [6, 6.07) is 0. The van der Waals surface area contributed by atoms with Gasteiger partial charge in [-0.05, 0) is 0 Å². The molecule has 2 radical (unpaired) electrons. The molecule has 0 N–H and O–H groups in total. The summed E-state index contributed by atoms with van der Waals surface area (Å²) in [5.74, 6) is 0. The molecule has 62 valence electrons. The summed E-state index contributed by atoms with van der Waals surface area (Å²) >= 11 is 0. The summed E-state index contributed by atoms with van der Waals surface area (Å²) < 4.78 is 4.82. The highest BCUT2D eigenvalue weighted by Crippen LogP contribution is 2.19. The number of nitrogens with zero attached hydrogens (tertiary/aromatic N) is 1. The Hall–Kier alpha value is 1.12. The van der Waals surface area contributed by atoms with Crippen LogP contribution in [0.25, 0.3) is 4.65 Å². The van der Waals surface area contributed by atoms with Gasteiger partial charge in [-0.1, -0.05) is 55.8 Å². The quantitative estimate of drug-likeness (QED) is 0.503. The van der Waals surface area contributed by atoms with Gasteiger partial charge >= 0.3 is 24.0 Å². The van der Waals surface area contributed by atoms with Crippen LogP contribution in [-0.2, 0) is 0 Å². The molecule has 0 heterocycles. The zero-order valence-electron chi connectivity index (χ0n) is 7.83. The van der Waals surface area contributed by atoms with Gasteiger partial charge in [0.25, 0.3) is 0 Å². The lowest BCUT2D eigenvalue weighted by molar-refractivity contribution is -0.00000260. The normalized spacial score (nSPS) is 12.6. The van der Waals surface area contributed by atoms with E-state index in [2.05, 4.69) is 39.3 Å². The SMILES string of the molecule is C[Si](C)(C)[N-][Si](C)(C)C.[I+]. The van der Waals surface area contributed by atoms with Crippen molar-refractivity contribution in [2.45, 2.75) is 39.3 Å². The molecule has 0 atom stereocenters. The first kappa shape index (κ1) is 13.7. The van der Waals surface area contributed by atoms with E-state index >= 15 is 0 Å². The Morgan fingerprint density at radius 2 is 0.900 bits per heavy atom. The largest absolute Gasteiger partial charge is 1.00 e. The molecule has 0 saturated heterocycles. The Morgan fingerprint density at radius 3 is 0.900 bits per heavy atom. The second-order valence-electron chi connectivity index (χ2n) is 4.45. The third-order valence-electron chi connectivity index (χ3n) is 0.671. The van der Waals surface area contributed by atoms with Crippen LogP contribution in [0, 0.1) is 0 Å². The van der Waals surface area contributed by atoms with Crippen molar-refractivity contribution < 1.29 is 24.0 Å². The molecule has 0 fully saturated rings. The van der Waals surface area contributed by atoms with Gasteiger partial charge in [-0.15, -0.1) is 0 Å². The molecule has 0 aliphatic rings. The van der Waals surface area contributed by atoms with Crippen LogP contribution in [0.15, 0.2) is 0 Å². The van der Waals surface area contributed by atoms with Crippen LogP contribution < -0.4 is 24.0 Å². The second kappa shape index (κ2) is 4.22. The summed E-state index contributed by atoms with van der Waals surface area (Å²) in [7, 11) is -2.21. The second-order valence-corrected chi connectivity index (χ2v) is 14.0. The first-order chi connectivity index (χ1) is 3.71. The average molecular weight is 287 g/mol. The third-order valence-corrected chi connectivity index (χ3v) is 6.04.